The number of cyclic esters (lactones) is 1. The minimum Gasteiger partial charge on any atom is -0.493 e. The van der Waals surface area contributed by atoms with Crippen LogP contribution in [0.15, 0.2) is 78.4 Å². The van der Waals surface area contributed by atoms with Crippen LogP contribution in [0.4, 0.5) is 0 Å². The SMILES string of the molecule is COc1cc(C=C2C=C(c3ccc(Oc4ccccc4)cc3)OC2=O)cc(OC)c1OC. The Morgan fingerprint density at radius 1 is 0.781 bits per heavy atom. The highest BCUT2D eigenvalue weighted by Crippen LogP contribution is 2.39. The molecule has 0 saturated carbocycles. The van der Waals surface area contributed by atoms with Gasteiger partial charge < -0.3 is 23.7 Å². The van der Waals surface area contributed by atoms with Crippen molar-refractivity contribution in [2.75, 3.05) is 21.3 Å². The Balaban J connectivity index is 1.58. The summed E-state index contributed by atoms with van der Waals surface area (Å²) in [6.07, 6.45) is 3.42. The first-order valence-corrected chi connectivity index (χ1v) is 9.90. The predicted molar refractivity (Wildman–Crippen MR) is 121 cm³/mol. The molecule has 1 aliphatic rings. The molecule has 0 aliphatic carbocycles. The third kappa shape index (κ3) is 4.44. The Morgan fingerprint density at radius 3 is 2.00 bits per heavy atom. The molecule has 4 rings (SSSR count). The molecule has 0 unspecified atom stereocenters. The van der Waals surface area contributed by atoms with Gasteiger partial charge in [-0.05, 0) is 66.2 Å². The molecule has 0 saturated heterocycles. The fourth-order valence-corrected chi connectivity index (χ4v) is 3.31. The van der Waals surface area contributed by atoms with Gasteiger partial charge in [-0.1, -0.05) is 18.2 Å². The van der Waals surface area contributed by atoms with Gasteiger partial charge >= 0.3 is 5.97 Å². The summed E-state index contributed by atoms with van der Waals surface area (Å²) in [7, 11) is 4.63. The maximum atomic E-state index is 12.4. The van der Waals surface area contributed by atoms with Crippen LogP contribution in [0.25, 0.3) is 11.8 Å². The number of esters is 1. The lowest BCUT2D eigenvalue weighted by Crippen LogP contribution is -1.98. The van der Waals surface area contributed by atoms with Crippen LogP contribution in [-0.2, 0) is 9.53 Å². The molecular formula is C26H22O6. The van der Waals surface area contributed by atoms with E-state index in [1.54, 1.807) is 38.5 Å². The molecule has 0 N–H and O–H groups in total. The van der Waals surface area contributed by atoms with Gasteiger partial charge in [0.1, 0.15) is 17.3 Å². The van der Waals surface area contributed by atoms with E-state index in [1.807, 2.05) is 54.6 Å². The fraction of sp³-hybridized carbons (Fsp3) is 0.115. The monoisotopic (exact) mass is 430 g/mol. The third-order valence-electron chi connectivity index (χ3n) is 4.85. The lowest BCUT2D eigenvalue weighted by atomic mass is 10.1. The van der Waals surface area contributed by atoms with Crippen molar-refractivity contribution in [3.05, 3.63) is 89.5 Å². The van der Waals surface area contributed by atoms with E-state index in [1.165, 1.54) is 7.11 Å². The Bertz CT molecular complexity index is 1150. The molecule has 1 heterocycles. The maximum Gasteiger partial charge on any atom is 0.343 e. The van der Waals surface area contributed by atoms with Crippen LogP contribution in [0.2, 0.25) is 0 Å². The van der Waals surface area contributed by atoms with Crippen LogP contribution in [0.5, 0.6) is 28.7 Å². The minimum atomic E-state index is -0.432. The van der Waals surface area contributed by atoms with Gasteiger partial charge in [-0.15, -0.1) is 0 Å². The van der Waals surface area contributed by atoms with E-state index >= 15 is 0 Å². The quantitative estimate of drug-likeness (QED) is 0.365. The van der Waals surface area contributed by atoms with E-state index in [9.17, 15) is 4.79 Å². The van der Waals surface area contributed by atoms with Crippen LogP contribution < -0.4 is 18.9 Å². The number of carbonyl (C=O) groups excluding carboxylic acids is 1. The van der Waals surface area contributed by atoms with Crippen LogP contribution >= 0.6 is 0 Å². The average molecular weight is 430 g/mol. The molecule has 0 atom stereocenters. The number of hydrogen-bond acceptors (Lipinski definition) is 6. The van der Waals surface area contributed by atoms with E-state index in [0.29, 0.717) is 34.3 Å². The molecular weight excluding hydrogens is 408 g/mol. The highest BCUT2D eigenvalue weighted by atomic mass is 16.5. The number of rotatable bonds is 7. The Labute approximate surface area is 186 Å². The van der Waals surface area contributed by atoms with E-state index in [-0.39, 0.29) is 0 Å². The van der Waals surface area contributed by atoms with Crippen LogP contribution in [-0.4, -0.2) is 27.3 Å². The number of ether oxygens (including phenoxy) is 5. The molecule has 6 nitrogen and oxygen atoms in total. The molecule has 0 aromatic heterocycles. The fourth-order valence-electron chi connectivity index (χ4n) is 3.31. The first-order valence-electron chi connectivity index (χ1n) is 9.90. The summed E-state index contributed by atoms with van der Waals surface area (Å²) in [4.78, 5) is 12.4. The smallest absolute Gasteiger partial charge is 0.343 e. The van der Waals surface area contributed by atoms with E-state index in [4.69, 9.17) is 23.7 Å². The molecule has 0 spiro atoms. The van der Waals surface area contributed by atoms with Gasteiger partial charge in [-0.3, -0.25) is 0 Å². The van der Waals surface area contributed by atoms with Crippen LogP contribution in [0, 0.1) is 0 Å². The number of para-hydroxylation sites is 1. The van der Waals surface area contributed by atoms with Crippen molar-refractivity contribution in [1.29, 1.82) is 0 Å². The molecule has 32 heavy (non-hydrogen) atoms. The second kappa shape index (κ2) is 9.31. The largest absolute Gasteiger partial charge is 0.493 e. The number of benzene rings is 3. The highest BCUT2D eigenvalue weighted by Gasteiger charge is 2.23. The van der Waals surface area contributed by atoms with Gasteiger partial charge in [0.05, 0.1) is 26.9 Å². The zero-order chi connectivity index (χ0) is 22.5. The van der Waals surface area contributed by atoms with Crippen molar-refractivity contribution >= 4 is 17.8 Å². The van der Waals surface area contributed by atoms with Gasteiger partial charge in [-0.25, -0.2) is 4.79 Å². The van der Waals surface area contributed by atoms with Crippen LogP contribution in [0.1, 0.15) is 11.1 Å². The van der Waals surface area contributed by atoms with Crippen molar-refractivity contribution in [3.63, 3.8) is 0 Å². The van der Waals surface area contributed by atoms with E-state index in [0.717, 1.165) is 16.9 Å². The summed E-state index contributed by atoms with van der Waals surface area (Å²) in [5.74, 6) is 2.98. The molecule has 3 aromatic rings. The molecule has 6 heteroatoms. The topological polar surface area (TPSA) is 63.2 Å². The van der Waals surface area contributed by atoms with Crippen molar-refractivity contribution in [2.45, 2.75) is 0 Å². The van der Waals surface area contributed by atoms with Crippen molar-refractivity contribution in [2.24, 2.45) is 0 Å². The third-order valence-corrected chi connectivity index (χ3v) is 4.85. The van der Waals surface area contributed by atoms with Crippen molar-refractivity contribution in [1.82, 2.24) is 0 Å². The number of carbonyl (C=O) groups is 1. The minimum absolute atomic E-state index is 0.416. The van der Waals surface area contributed by atoms with Gasteiger partial charge in [0.2, 0.25) is 5.75 Å². The maximum absolute atomic E-state index is 12.4. The molecule has 162 valence electrons. The zero-order valence-corrected chi connectivity index (χ0v) is 18.0. The summed E-state index contributed by atoms with van der Waals surface area (Å²) in [5.41, 5.74) is 1.90. The van der Waals surface area contributed by atoms with Gasteiger partial charge in [0.25, 0.3) is 0 Å². The molecule has 3 aromatic carbocycles. The normalized spacial score (nSPS) is 14.0. The Kier molecular flexibility index (Phi) is 6.12. The van der Waals surface area contributed by atoms with Crippen LogP contribution in [0.3, 0.4) is 0 Å². The zero-order valence-electron chi connectivity index (χ0n) is 18.0. The van der Waals surface area contributed by atoms with Crippen molar-refractivity contribution in [3.8, 4) is 28.7 Å². The molecule has 0 bridgehead atoms. The average Bonchev–Trinajstić information content (AvgIpc) is 3.19. The highest BCUT2D eigenvalue weighted by molar-refractivity contribution is 6.05. The van der Waals surface area contributed by atoms with Gasteiger partial charge in [0.15, 0.2) is 11.5 Å². The predicted octanol–water partition coefficient (Wildman–Crippen LogP) is 5.49. The summed E-state index contributed by atoms with van der Waals surface area (Å²) in [6, 6.07) is 20.4. The second-order valence-corrected chi connectivity index (χ2v) is 6.90. The summed E-state index contributed by atoms with van der Waals surface area (Å²) >= 11 is 0. The Hall–Kier alpha value is -4.19. The van der Waals surface area contributed by atoms with E-state index < -0.39 is 5.97 Å². The summed E-state index contributed by atoms with van der Waals surface area (Å²) < 4.78 is 27.4. The summed E-state index contributed by atoms with van der Waals surface area (Å²) in [6.45, 7) is 0. The van der Waals surface area contributed by atoms with E-state index in [2.05, 4.69) is 0 Å². The Morgan fingerprint density at radius 2 is 1.41 bits per heavy atom. The number of methoxy groups -OCH3 is 3. The standard InChI is InChI=1S/C26H22O6/c1-28-23-14-17(15-24(29-2)25(23)30-3)13-19-16-22(32-26(19)27)18-9-11-21(12-10-18)31-20-7-5-4-6-8-20/h4-16H,1-3H3. The second-order valence-electron chi connectivity index (χ2n) is 6.90. The lowest BCUT2D eigenvalue weighted by molar-refractivity contribution is -0.130. The lowest BCUT2D eigenvalue weighted by Gasteiger charge is -2.12. The number of hydrogen-bond donors (Lipinski definition) is 0. The molecule has 0 fully saturated rings. The molecule has 0 radical (unpaired) electrons. The van der Waals surface area contributed by atoms with Gasteiger partial charge in [0, 0.05) is 5.56 Å². The first-order chi connectivity index (χ1) is 15.6. The van der Waals surface area contributed by atoms with Crippen molar-refractivity contribution < 1.29 is 28.5 Å². The summed E-state index contributed by atoms with van der Waals surface area (Å²) in [5, 5.41) is 0. The van der Waals surface area contributed by atoms with Gasteiger partial charge in [-0.2, -0.15) is 0 Å². The molecule has 0 amide bonds. The first kappa shape index (κ1) is 21.1. The molecule has 1 aliphatic heterocycles.